The maximum absolute atomic E-state index is 12.0. The van der Waals surface area contributed by atoms with Crippen LogP contribution in [0.25, 0.3) is 0 Å². The van der Waals surface area contributed by atoms with E-state index in [-0.39, 0.29) is 27.4 Å². The fraction of sp³-hybridized carbons (Fsp3) is 0.167. The number of anilines is 4. The Morgan fingerprint density at radius 3 is 1.58 bits per heavy atom. The van der Waals surface area contributed by atoms with Crippen LogP contribution in [0.5, 0.6) is 0 Å². The highest BCUT2D eigenvalue weighted by Crippen LogP contribution is 2.21. The fourth-order valence-corrected chi connectivity index (χ4v) is 5.15. The normalized spacial score (nSPS) is 12.4. The van der Waals surface area contributed by atoms with Gasteiger partial charge in [-0.2, -0.15) is 20.2 Å². The number of nitrogens with one attached hydrogen (secondary N) is 3. The molecule has 1 heterocycles. The molecule has 0 saturated heterocycles. The van der Waals surface area contributed by atoms with Crippen LogP contribution < -0.4 is 16.2 Å². The summed E-state index contributed by atoms with van der Waals surface area (Å²) in [5.74, 6) is 0.231. The van der Waals surface area contributed by atoms with Gasteiger partial charge in [0.25, 0.3) is 0 Å². The molecule has 0 bridgehead atoms. The van der Waals surface area contributed by atoms with Gasteiger partial charge in [0.05, 0.1) is 33.9 Å². The van der Waals surface area contributed by atoms with Crippen LogP contribution in [0.2, 0.25) is 0 Å². The Bertz CT molecular complexity index is 1880. The molecule has 4 rings (SSSR count). The largest absolute Gasteiger partial charge is 0.465 e. The van der Waals surface area contributed by atoms with Crippen molar-refractivity contribution in [3.63, 3.8) is 0 Å². The van der Waals surface area contributed by atoms with Crippen molar-refractivity contribution in [3.05, 3.63) is 95.6 Å². The molecule has 0 amide bonds. The third kappa shape index (κ3) is 8.93. The molecule has 0 atom stereocenters. The molecule has 0 aliphatic carbocycles. The third-order valence-corrected chi connectivity index (χ3v) is 8.60. The van der Waals surface area contributed by atoms with Crippen molar-refractivity contribution < 1.29 is 26.4 Å². The lowest BCUT2D eigenvalue weighted by atomic mass is 10.1. The Hall–Kier alpha value is -5.15. The average Bonchev–Trinajstić information content (AvgIpc) is 3.01. The van der Waals surface area contributed by atoms with Crippen molar-refractivity contribution in [2.75, 3.05) is 35.8 Å². The van der Waals surface area contributed by atoms with E-state index >= 15 is 0 Å². The summed E-state index contributed by atoms with van der Waals surface area (Å²) in [5, 5.41) is 11.8. The highest BCUT2D eigenvalue weighted by atomic mass is 32.2. The van der Waals surface area contributed by atoms with E-state index in [9.17, 15) is 21.6 Å². The molecule has 0 aliphatic rings. The van der Waals surface area contributed by atoms with Crippen LogP contribution in [-0.4, -0.2) is 63.8 Å². The summed E-state index contributed by atoms with van der Waals surface area (Å²) in [4.78, 5) is 21.4. The van der Waals surface area contributed by atoms with Gasteiger partial charge in [-0.25, -0.2) is 21.6 Å². The van der Waals surface area contributed by atoms with Crippen molar-refractivity contribution in [3.8, 4) is 0 Å². The van der Waals surface area contributed by atoms with E-state index in [1.165, 1.54) is 31.4 Å². The Labute approximate surface area is 261 Å². The Morgan fingerprint density at radius 1 is 0.689 bits per heavy atom. The zero-order valence-electron chi connectivity index (χ0n) is 25.1. The molecule has 1 aromatic heterocycles. The van der Waals surface area contributed by atoms with E-state index in [2.05, 4.69) is 36.3 Å². The summed E-state index contributed by atoms with van der Waals surface area (Å²) in [6, 6.07) is 20.9. The highest BCUT2D eigenvalue weighted by molar-refractivity contribution is 7.91. The van der Waals surface area contributed by atoms with Crippen LogP contribution in [0.3, 0.4) is 0 Å². The van der Waals surface area contributed by atoms with Gasteiger partial charge in [0.1, 0.15) is 0 Å². The first kappa shape index (κ1) is 32.8. The van der Waals surface area contributed by atoms with Gasteiger partial charge >= 0.3 is 5.97 Å². The lowest BCUT2D eigenvalue weighted by Crippen LogP contribution is -2.07. The number of ether oxygens (including phenoxy) is 1. The first-order chi connectivity index (χ1) is 21.2. The molecule has 3 N–H and O–H groups in total. The van der Waals surface area contributed by atoms with Gasteiger partial charge in [-0.3, -0.25) is 10.9 Å². The fourth-order valence-electron chi connectivity index (χ4n) is 3.89. The Morgan fingerprint density at radius 2 is 1.16 bits per heavy atom. The summed E-state index contributed by atoms with van der Waals surface area (Å²) in [6.07, 6.45) is 2.28. The molecule has 0 saturated carbocycles. The van der Waals surface area contributed by atoms with Crippen molar-refractivity contribution in [1.82, 2.24) is 9.97 Å². The van der Waals surface area contributed by atoms with Crippen molar-refractivity contribution in [2.45, 2.75) is 23.6 Å². The number of methoxy groups -OCH3 is 1. The lowest BCUT2D eigenvalue weighted by molar-refractivity contribution is 0.0600. The number of aromatic nitrogens is 2. The van der Waals surface area contributed by atoms with Gasteiger partial charge in [0, 0.05) is 24.3 Å². The monoisotopic (exact) mass is 649 g/mol. The molecule has 3 aromatic carbocycles. The van der Waals surface area contributed by atoms with Gasteiger partial charge < -0.3 is 10.1 Å². The number of esters is 1. The summed E-state index contributed by atoms with van der Waals surface area (Å²) < 4.78 is 52.0. The van der Waals surface area contributed by atoms with Crippen molar-refractivity contribution in [1.29, 1.82) is 0 Å². The van der Waals surface area contributed by atoms with Gasteiger partial charge in [-0.1, -0.05) is 30.3 Å². The van der Waals surface area contributed by atoms with Crippen LogP contribution in [0, 0.1) is 0 Å². The van der Waals surface area contributed by atoms with E-state index < -0.39 is 25.6 Å². The number of carbonyl (C=O) groups is 1. The number of hydrogen-bond donors (Lipinski definition) is 3. The number of nitrogens with zero attached hydrogens (tertiary/aromatic N) is 4. The number of sulfone groups is 2. The zero-order valence-corrected chi connectivity index (χ0v) is 26.7. The second-order valence-electron chi connectivity index (χ2n) is 9.87. The number of carbonyl (C=O) groups excluding carboxylic acids is 1. The van der Waals surface area contributed by atoms with E-state index in [0.29, 0.717) is 33.8 Å². The van der Waals surface area contributed by atoms with E-state index in [4.69, 9.17) is 4.74 Å². The van der Waals surface area contributed by atoms with Crippen LogP contribution in [0.1, 0.15) is 35.3 Å². The van der Waals surface area contributed by atoms with Gasteiger partial charge in [-0.15, -0.1) is 0 Å². The molecule has 0 spiro atoms. The molecular formula is C30H31N7O6S2. The molecule has 15 heteroatoms. The number of hydrazone groups is 2. The molecule has 0 aliphatic heterocycles. The second-order valence-corrected chi connectivity index (χ2v) is 13.9. The zero-order chi connectivity index (χ0) is 32.8. The van der Waals surface area contributed by atoms with Gasteiger partial charge in [0.15, 0.2) is 31.3 Å². The molecule has 0 unspecified atom stereocenters. The Balaban J connectivity index is 1.62. The summed E-state index contributed by atoms with van der Waals surface area (Å²) >= 11 is 0. The topological polar surface area (TPSA) is 181 Å². The van der Waals surface area contributed by atoms with Gasteiger partial charge in [0.2, 0.25) is 5.95 Å². The van der Waals surface area contributed by atoms with Crippen LogP contribution >= 0.6 is 0 Å². The average molecular weight is 650 g/mol. The molecule has 4 aromatic rings. The quantitative estimate of drug-likeness (QED) is 0.118. The predicted octanol–water partition coefficient (Wildman–Crippen LogP) is 4.49. The van der Waals surface area contributed by atoms with E-state index in [1.807, 2.05) is 0 Å². The second kappa shape index (κ2) is 13.7. The minimum Gasteiger partial charge on any atom is -0.465 e. The number of hydrogen-bond acceptors (Lipinski definition) is 13. The maximum atomic E-state index is 12.0. The minimum absolute atomic E-state index is 0.153. The summed E-state index contributed by atoms with van der Waals surface area (Å²) in [7, 11) is -5.36. The standard InChI is InChI=1S/C30H31N7O6S2/c1-19(21-9-13-25(14-10-21)44(4,39)40)34-36-27-18-28(37-35-20(2)22-11-15-26(16-12-22)45(5,41)42)33-30(32-27)31-24-8-6-7-23(17-24)29(38)43-3/h6-18H,1-5H3,(H3,31,32,33,36,37). The smallest absolute Gasteiger partial charge is 0.337 e. The summed E-state index contributed by atoms with van der Waals surface area (Å²) in [6.45, 7) is 3.51. The molecule has 45 heavy (non-hydrogen) atoms. The molecule has 0 radical (unpaired) electrons. The number of rotatable bonds is 11. The molecule has 234 valence electrons. The number of benzene rings is 3. The van der Waals surface area contributed by atoms with Crippen LogP contribution in [-0.2, 0) is 24.4 Å². The van der Waals surface area contributed by atoms with E-state index in [1.54, 1.807) is 68.4 Å². The minimum atomic E-state index is -3.33. The van der Waals surface area contributed by atoms with Crippen molar-refractivity contribution in [2.24, 2.45) is 10.2 Å². The first-order valence-electron chi connectivity index (χ1n) is 13.3. The SMILES string of the molecule is COC(=O)c1cccc(Nc2nc(NN=C(C)c3ccc(S(C)(=O)=O)cc3)cc(NN=C(C)c3ccc(S(C)(=O)=O)cc3)n2)c1. The van der Waals surface area contributed by atoms with Crippen LogP contribution in [0.4, 0.5) is 23.3 Å². The Kier molecular flexibility index (Phi) is 9.94. The molecular weight excluding hydrogens is 619 g/mol. The molecule has 13 nitrogen and oxygen atoms in total. The summed E-state index contributed by atoms with van der Waals surface area (Å²) in [5.41, 5.74) is 9.16. The first-order valence-corrected chi connectivity index (χ1v) is 17.1. The molecule has 0 fully saturated rings. The van der Waals surface area contributed by atoms with Crippen molar-refractivity contribution >= 4 is 60.3 Å². The lowest BCUT2D eigenvalue weighted by Gasteiger charge is -2.11. The third-order valence-electron chi connectivity index (χ3n) is 6.34. The van der Waals surface area contributed by atoms with E-state index in [0.717, 1.165) is 12.5 Å². The predicted molar refractivity (Wildman–Crippen MR) is 174 cm³/mol. The highest BCUT2D eigenvalue weighted by Gasteiger charge is 2.11. The van der Waals surface area contributed by atoms with Crippen LogP contribution in [0.15, 0.2) is 98.9 Å². The van der Waals surface area contributed by atoms with Gasteiger partial charge in [-0.05, 0) is 67.4 Å². The maximum Gasteiger partial charge on any atom is 0.337 e.